The van der Waals surface area contributed by atoms with Crippen LogP contribution in [0.1, 0.15) is 58.8 Å². The minimum atomic E-state index is -2.47. The number of urea groups is 1. The van der Waals surface area contributed by atoms with Crippen LogP contribution in [-0.2, 0) is 33.3 Å². The second-order valence-corrected chi connectivity index (χ2v) is 13.6. The Labute approximate surface area is 326 Å². The van der Waals surface area contributed by atoms with E-state index >= 15 is 0 Å². The average Bonchev–Trinajstić information content (AvgIpc) is 3.82. The molecular weight excluding hydrogens is 769 g/mol. The number of alkyl carbamates (subject to hydrolysis) is 1. The topological polar surface area (TPSA) is 206 Å². The minimum absolute atomic E-state index is 0.0416. The van der Waals surface area contributed by atoms with Crippen LogP contribution < -0.4 is 31.7 Å². The van der Waals surface area contributed by atoms with Gasteiger partial charge in [-0.1, -0.05) is 13.8 Å². The second-order valence-electron chi connectivity index (χ2n) is 13.6. The molecule has 1 saturated carbocycles. The standard InChI is InChI=1S/C37H50F5N5O10/c1-21(2)32(34(49)46-25(10-7-12-44-36(43)51)35(50)57-33-30(41)28(39)27(38)29(40)31(33)42)47-26(48)11-14-53-16-18-55-19-17-54-15-13-45-37(52)56-20-24-22-8-5-3-4-6-9-23(22)24/h21-25,32H,5-20H2,1-2H3,(H,45,52)(H,46,49)(H,47,48)(H3,43,44,51). The fourth-order valence-corrected chi connectivity index (χ4v) is 6.09. The number of fused-ring (bicyclic) bond motifs is 1. The molecule has 0 heterocycles. The Bertz CT molecular complexity index is 1560. The van der Waals surface area contributed by atoms with Crippen LogP contribution >= 0.6 is 0 Å². The third-order valence-electron chi connectivity index (χ3n) is 9.19. The zero-order chi connectivity index (χ0) is 41.9. The molecule has 3 rings (SSSR count). The van der Waals surface area contributed by atoms with Crippen molar-refractivity contribution in [2.45, 2.75) is 70.9 Å². The number of primary amides is 1. The van der Waals surface area contributed by atoms with Crippen molar-refractivity contribution in [3.05, 3.63) is 29.1 Å². The number of hydrogen-bond acceptors (Lipinski definition) is 10. The van der Waals surface area contributed by atoms with Gasteiger partial charge in [-0.15, -0.1) is 11.8 Å². The van der Waals surface area contributed by atoms with Crippen molar-refractivity contribution < 1.29 is 69.6 Å². The van der Waals surface area contributed by atoms with Gasteiger partial charge in [0.05, 0.1) is 46.2 Å². The molecule has 1 fully saturated rings. The molecule has 4 unspecified atom stereocenters. The molecule has 2 aliphatic carbocycles. The summed E-state index contributed by atoms with van der Waals surface area (Å²) in [5, 5.41) is 9.65. The highest BCUT2D eigenvalue weighted by Gasteiger charge is 2.49. The van der Waals surface area contributed by atoms with Crippen LogP contribution in [0, 0.1) is 64.6 Å². The number of hydrogen-bond donors (Lipinski definition) is 5. The molecule has 0 bridgehead atoms. The maximum atomic E-state index is 14.2. The summed E-state index contributed by atoms with van der Waals surface area (Å²) >= 11 is 0. The first-order valence-corrected chi connectivity index (χ1v) is 18.7. The van der Waals surface area contributed by atoms with Crippen LogP contribution in [0.15, 0.2) is 0 Å². The van der Waals surface area contributed by atoms with Gasteiger partial charge in [-0.05, 0) is 49.4 Å². The van der Waals surface area contributed by atoms with E-state index in [1.165, 1.54) is 0 Å². The van der Waals surface area contributed by atoms with Crippen molar-refractivity contribution in [1.82, 2.24) is 21.3 Å². The highest BCUT2D eigenvalue weighted by Crippen LogP contribution is 2.52. The van der Waals surface area contributed by atoms with E-state index in [-0.39, 0.29) is 72.0 Å². The van der Waals surface area contributed by atoms with E-state index in [2.05, 4.69) is 37.8 Å². The van der Waals surface area contributed by atoms with Crippen molar-refractivity contribution in [1.29, 1.82) is 0 Å². The quantitative estimate of drug-likeness (QED) is 0.0196. The van der Waals surface area contributed by atoms with Gasteiger partial charge in [0.25, 0.3) is 0 Å². The van der Waals surface area contributed by atoms with Gasteiger partial charge in [-0.25, -0.2) is 27.6 Å². The number of nitrogens with two attached hydrogens (primary N) is 1. The fourth-order valence-electron chi connectivity index (χ4n) is 6.09. The number of benzene rings is 1. The lowest BCUT2D eigenvalue weighted by Gasteiger charge is -2.25. The normalized spacial score (nSPS) is 18.1. The lowest BCUT2D eigenvalue weighted by atomic mass is 10.0. The van der Waals surface area contributed by atoms with E-state index in [1.807, 2.05) is 0 Å². The number of nitrogens with one attached hydrogen (secondary N) is 4. The van der Waals surface area contributed by atoms with E-state index in [0.29, 0.717) is 24.4 Å². The maximum absolute atomic E-state index is 14.2. The van der Waals surface area contributed by atoms with Crippen molar-refractivity contribution in [2.75, 3.05) is 59.3 Å². The molecule has 5 amide bonds. The van der Waals surface area contributed by atoms with Gasteiger partial charge in [-0.2, -0.15) is 8.78 Å². The highest BCUT2D eigenvalue weighted by atomic mass is 19.2. The van der Waals surface area contributed by atoms with Crippen LogP contribution in [0.4, 0.5) is 31.5 Å². The molecule has 57 heavy (non-hydrogen) atoms. The van der Waals surface area contributed by atoms with Crippen LogP contribution in [0.2, 0.25) is 0 Å². The zero-order valence-electron chi connectivity index (χ0n) is 31.8. The van der Waals surface area contributed by atoms with E-state index < -0.39 is 82.7 Å². The van der Waals surface area contributed by atoms with E-state index in [0.717, 1.165) is 25.7 Å². The van der Waals surface area contributed by atoms with Crippen molar-refractivity contribution >= 4 is 29.9 Å². The number of halogens is 5. The molecule has 1 aromatic rings. The fraction of sp³-hybridized carbons (Fsp3) is 0.649. The maximum Gasteiger partial charge on any atom is 0.407 e. The molecule has 2 aliphatic rings. The third kappa shape index (κ3) is 15.6. The lowest BCUT2D eigenvalue weighted by Crippen LogP contribution is -2.54. The predicted octanol–water partition coefficient (Wildman–Crippen LogP) is 2.97. The first kappa shape index (κ1) is 46.6. The van der Waals surface area contributed by atoms with Gasteiger partial charge in [0.15, 0.2) is 0 Å². The van der Waals surface area contributed by atoms with Crippen molar-refractivity contribution in [3.63, 3.8) is 0 Å². The summed E-state index contributed by atoms with van der Waals surface area (Å²) in [4.78, 5) is 61.7. The van der Waals surface area contributed by atoms with Crippen LogP contribution in [0.5, 0.6) is 5.75 Å². The Hall–Kier alpha value is -4.74. The molecule has 0 saturated heterocycles. The highest BCUT2D eigenvalue weighted by molar-refractivity contribution is 5.91. The van der Waals surface area contributed by atoms with E-state index in [1.54, 1.807) is 13.8 Å². The molecule has 20 heteroatoms. The number of rotatable bonds is 24. The second kappa shape index (κ2) is 24.1. The first-order valence-electron chi connectivity index (χ1n) is 18.7. The Morgan fingerprint density at radius 1 is 0.754 bits per heavy atom. The molecular formula is C37H50F5N5O10. The Kier molecular flexibility index (Phi) is 19.7. The third-order valence-corrected chi connectivity index (χ3v) is 9.19. The lowest BCUT2D eigenvalue weighted by molar-refractivity contribution is -0.141. The molecule has 0 aromatic heterocycles. The smallest absolute Gasteiger partial charge is 0.407 e. The molecule has 4 atom stereocenters. The van der Waals surface area contributed by atoms with Gasteiger partial charge < -0.3 is 50.7 Å². The summed E-state index contributed by atoms with van der Waals surface area (Å²) in [7, 11) is 0. The number of carbonyl (C=O) groups is 5. The summed E-state index contributed by atoms with van der Waals surface area (Å²) in [6.45, 7) is 4.81. The van der Waals surface area contributed by atoms with Gasteiger partial charge in [0.1, 0.15) is 12.1 Å². The number of ether oxygens (including phenoxy) is 5. The molecule has 318 valence electrons. The van der Waals surface area contributed by atoms with Crippen LogP contribution in [0.25, 0.3) is 0 Å². The largest absolute Gasteiger partial charge is 0.449 e. The van der Waals surface area contributed by atoms with Gasteiger partial charge in [0.2, 0.25) is 46.6 Å². The molecule has 1 aromatic carbocycles. The van der Waals surface area contributed by atoms with Crippen molar-refractivity contribution in [3.8, 4) is 17.6 Å². The van der Waals surface area contributed by atoms with Gasteiger partial charge >= 0.3 is 18.1 Å². The molecule has 0 spiro atoms. The number of esters is 1. The van der Waals surface area contributed by atoms with Gasteiger partial charge in [-0.3, -0.25) is 9.59 Å². The van der Waals surface area contributed by atoms with Crippen LogP contribution in [0.3, 0.4) is 0 Å². The monoisotopic (exact) mass is 819 g/mol. The molecule has 0 aliphatic heterocycles. The van der Waals surface area contributed by atoms with Crippen molar-refractivity contribution in [2.24, 2.45) is 29.4 Å². The van der Waals surface area contributed by atoms with E-state index in [4.69, 9.17) is 24.7 Å². The predicted molar refractivity (Wildman–Crippen MR) is 191 cm³/mol. The van der Waals surface area contributed by atoms with Crippen LogP contribution in [-0.4, -0.2) is 101 Å². The summed E-state index contributed by atoms with van der Waals surface area (Å²) < 4.78 is 95.3. The molecule has 6 N–H and O–H groups in total. The summed E-state index contributed by atoms with van der Waals surface area (Å²) in [5.74, 6) is -9.59. The summed E-state index contributed by atoms with van der Waals surface area (Å²) in [6.07, 6.45) is 2.88. The average molecular weight is 820 g/mol. The minimum Gasteiger partial charge on any atom is -0.449 e. The Morgan fingerprint density at radius 2 is 1.32 bits per heavy atom. The van der Waals surface area contributed by atoms with E-state index in [9.17, 15) is 45.9 Å². The SMILES string of the molecule is CC(C)C(NC(=O)CCOCCOCCOCCNC(=O)OCC1C2CCC#CCCC21)C(=O)NC(CCCNC(N)=O)C(=O)Oc1c(F)c(F)c(F)c(F)c1F. The van der Waals surface area contributed by atoms with Gasteiger partial charge in [0, 0.05) is 32.4 Å². The zero-order valence-corrected chi connectivity index (χ0v) is 31.8. The Balaban J connectivity index is 1.31. The number of carbonyl (C=O) groups excluding carboxylic acids is 5. The summed E-state index contributed by atoms with van der Waals surface area (Å²) in [6, 6.07) is -3.87. The Morgan fingerprint density at radius 3 is 1.89 bits per heavy atom. The molecule has 15 nitrogen and oxygen atoms in total. The first-order chi connectivity index (χ1) is 27.2. The number of amides is 5. The molecule has 0 radical (unpaired) electrons. The summed E-state index contributed by atoms with van der Waals surface area (Å²) in [5.41, 5.74) is 5.00.